The first kappa shape index (κ1) is 20.9. The van der Waals surface area contributed by atoms with Crippen molar-refractivity contribution in [3.8, 4) is 5.75 Å². The largest absolute Gasteiger partial charge is 0.497 e. The van der Waals surface area contributed by atoms with Gasteiger partial charge in [0.15, 0.2) is 0 Å². The van der Waals surface area contributed by atoms with Crippen LogP contribution in [0.2, 0.25) is 0 Å². The molecule has 0 aliphatic heterocycles. The monoisotopic (exact) mass is 428 g/mol. The van der Waals surface area contributed by atoms with Crippen LogP contribution >= 0.6 is 0 Å². The van der Waals surface area contributed by atoms with Crippen molar-refractivity contribution in [3.05, 3.63) is 54.1 Å². The van der Waals surface area contributed by atoms with Crippen LogP contribution in [0.1, 0.15) is 43.0 Å². The van der Waals surface area contributed by atoms with Crippen LogP contribution in [0.4, 0.5) is 5.69 Å². The van der Waals surface area contributed by atoms with Gasteiger partial charge in [-0.2, -0.15) is 0 Å². The molecule has 2 aliphatic carbocycles. The SMILES string of the molecule is COc1cccc(C(=O)Nc2ccc(S(=O)(=O)NC(C)C3CC4CCC3C4)cc2)c1. The molecule has 4 rings (SSSR count). The first-order chi connectivity index (χ1) is 14.4. The van der Waals surface area contributed by atoms with Crippen LogP contribution in [0.3, 0.4) is 0 Å². The standard InChI is InChI=1S/C23H28N2O4S/c1-15(22-13-16-6-7-17(22)12-16)25-30(27,28)21-10-8-19(9-11-21)24-23(26)18-4-3-5-20(14-18)29-2/h3-5,8-11,14-17,22,25H,6-7,12-13H2,1-2H3,(H,24,26). The number of hydrogen-bond donors (Lipinski definition) is 2. The Morgan fingerprint density at radius 1 is 1.10 bits per heavy atom. The molecule has 2 saturated carbocycles. The van der Waals surface area contributed by atoms with Crippen molar-refractivity contribution >= 4 is 21.6 Å². The molecule has 2 N–H and O–H groups in total. The van der Waals surface area contributed by atoms with E-state index >= 15 is 0 Å². The molecule has 2 aromatic rings. The van der Waals surface area contributed by atoms with E-state index in [-0.39, 0.29) is 16.8 Å². The predicted octanol–water partition coefficient (Wildman–Crippen LogP) is 4.05. The number of methoxy groups -OCH3 is 1. The number of nitrogens with one attached hydrogen (secondary N) is 2. The molecule has 2 fully saturated rings. The number of fused-ring (bicyclic) bond motifs is 2. The van der Waals surface area contributed by atoms with Crippen LogP contribution in [0.5, 0.6) is 5.75 Å². The highest BCUT2D eigenvalue weighted by molar-refractivity contribution is 7.89. The van der Waals surface area contributed by atoms with E-state index in [1.54, 1.807) is 43.5 Å². The fraction of sp³-hybridized carbons (Fsp3) is 0.435. The topological polar surface area (TPSA) is 84.5 Å². The van der Waals surface area contributed by atoms with E-state index in [9.17, 15) is 13.2 Å². The Kier molecular flexibility index (Phi) is 5.84. The minimum absolute atomic E-state index is 0.0715. The lowest BCUT2D eigenvalue weighted by Crippen LogP contribution is -2.40. The summed E-state index contributed by atoms with van der Waals surface area (Å²) >= 11 is 0. The van der Waals surface area contributed by atoms with Gasteiger partial charge in [0.25, 0.3) is 5.91 Å². The Balaban J connectivity index is 1.40. The summed E-state index contributed by atoms with van der Waals surface area (Å²) in [6.45, 7) is 1.98. The van der Waals surface area contributed by atoms with E-state index in [1.165, 1.54) is 31.4 Å². The summed E-state index contributed by atoms with van der Waals surface area (Å²) in [5.41, 5.74) is 0.996. The molecule has 0 aromatic heterocycles. The molecular formula is C23H28N2O4S. The van der Waals surface area contributed by atoms with Gasteiger partial charge in [0.2, 0.25) is 10.0 Å². The minimum atomic E-state index is -3.60. The fourth-order valence-corrected chi connectivity index (χ4v) is 6.29. The Morgan fingerprint density at radius 2 is 1.87 bits per heavy atom. The minimum Gasteiger partial charge on any atom is -0.497 e. The van der Waals surface area contributed by atoms with Crippen LogP contribution in [-0.4, -0.2) is 27.5 Å². The molecule has 0 heterocycles. The highest BCUT2D eigenvalue weighted by atomic mass is 32.2. The van der Waals surface area contributed by atoms with Gasteiger partial charge in [0, 0.05) is 17.3 Å². The number of anilines is 1. The molecule has 0 radical (unpaired) electrons. The number of rotatable bonds is 7. The lowest BCUT2D eigenvalue weighted by atomic mass is 9.84. The lowest BCUT2D eigenvalue weighted by molar-refractivity contribution is 0.102. The maximum Gasteiger partial charge on any atom is 0.255 e. The van der Waals surface area contributed by atoms with E-state index < -0.39 is 10.0 Å². The summed E-state index contributed by atoms with van der Waals surface area (Å²) in [5.74, 6) is 2.17. The molecule has 4 unspecified atom stereocenters. The van der Waals surface area contributed by atoms with Gasteiger partial charge in [-0.05, 0) is 86.4 Å². The highest BCUT2D eigenvalue weighted by Crippen LogP contribution is 2.49. The summed E-state index contributed by atoms with van der Waals surface area (Å²) in [5, 5.41) is 2.78. The van der Waals surface area contributed by atoms with Crippen molar-refractivity contribution in [2.45, 2.75) is 43.5 Å². The zero-order valence-electron chi connectivity index (χ0n) is 17.3. The first-order valence-electron chi connectivity index (χ1n) is 10.4. The van der Waals surface area contributed by atoms with Gasteiger partial charge >= 0.3 is 0 Å². The molecule has 7 heteroatoms. The van der Waals surface area contributed by atoms with Crippen LogP contribution < -0.4 is 14.8 Å². The first-order valence-corrected chi connectivity index (χ1v) is 11.9. The molecular weight excluding hydrogens is 400 g/mol. The summed E-state index contributed by atoms with van der Waals surface area (Å²) in [6.07, 6.45) is 4.90. The Hall–Kier alpha value is -2.38. The summed E-state index contributed by atoms with van der Waals surface area (Å²) in [4.78, 5) is 12.6. The molecule has 2 bridgehead atoms. The van der Waals surface area contributed by atoms with Gasteiger partial charge in [-0.15, -0.1) is 0 Å². The van der Waals surface area contributed by atoms with Crippen LogP contribution in [0.25, 0.3) is 0 Å². The molecule has 2 aliphatic rings. The normalized spacial score (nSPS) is 23.9. The van der Waals surface area contributed by atoms with Gasteiger partial charge in [0.05, 0.1) is 12.0 Å². The molecule has 160 valence electrons. The maximum atomic E-state index is 12.8. The summed E-state index contributed by atoms with van der Waals surface area (Å²) < 4.78 is 33.6. The van der Waals surface area contributed by atoms with Crippen LogP contribution in [0.15, 0.2) is 53.4 Å². The quantitative estimate of drug-likeness (QED) is 0.697. The van der Waals surface area contributed by atoms with E-state index in [0.29, 0.717) is 28.8 Å². The number of hydrogen-bond acceptors (Lipinski definition) is 4. The Labute approximate surface area is 178 Å². The fourth-order valence-electron chi connectivity index (χ4n) is 4.99. The van der Waals surface area contributed by atoms with Crippen molar-refractivity contribution < 1.29 is 17.9 Å². The third-order valence-corrected chi connectivity index (χ3v) is 8.11. The second-order valence-corrected chi connectivity index (χ2v) is 10.2. The van der Waals surface area contributed by atoms with Crippen molar-refractivity contribution in [2.75, 3.05) is 12.4 Å². The lowest BCUT2D eigenvalue weighted by Gasteiger charge is -2.28. The zero-order chi connectivity index (χ0) is 21.3. The third kappa shape index (κ3) is 4.37. The maximum absolute atomic E-state index is 12.8. The molecule has 0 spiro atoms. The average Bonchev–Trinajstić information content (AvgIpc) is 3.38. The van der Waals surface area contributed by atoms with Gasteiger partial charge in [-0.1, -0.05) is 12.5 Å². The number of ether oxygens (including phenoxy) is 1. The Bertz CT molecular complexity index is 1020. The molecule has 1 amide bonds. The number of carbonyl (C=O) groups is 1. The zero-order valence-corrected chi connectivity index (χ0v) is 18.1. The van der Waals surface area contributed by atoms with E-state index in [1.807, 2.05) is 6.92 Å². The second-order valence-electron chi connectivity index (χ2n) is 8.46. The summed E-state index contributed by atoms with van der Waals surface area (Å²) in [6, 6.07) is 13.0. The number of amides is 1. The number of sulfonamides is 1. The van der Waals surface area contributed by atoms with Crippen molar-refractivity contribution in [1.29, 1.82) is 0 Å². The van der Waals surface area contributed by atoms with Crippen LogP contribution in [0, 0.1) is 17.8 Å². The van der Waals surface area contributed by atoms with Crippen LogP contribution in [-0.2, 0) is 10.0 Å². The predicted molar refractivity (Wildman–Crippen MR) is 116 cm³/mol. The molecule has 30 heavy (non-hydrogen) atoms. The van der Waals surface area contributed by atoms with E-state index in [2.05, 4.69) is 10.0 Å². The smallest absolute Gasteiger partial charge is 0.255 e. The van der Waals surface area contributed by atoms with Crippen molar-refractivity contribution in [3.63, 3.8) is 0 Å². The second kappa shape index (κ2) is 8.40. The van der Waals surface area contributed by atoms with Crippen molar-refractivity contribution in [1.82, 2.24) is 4.72 Å². The van der Waals surface area contributed by atoms with E-state index in [4.69, 9.17) is 4.74 Å². The molecule has 6 nitrogen and oxygen atoms in total. The number of benzene rings is 2. The summed E-state index contributed by atoms with van der Waals surface area (Å²) in [7, 11) is -2.06. The average molecular weight is 429 g/mol. The van der Waals surface area contributed by atoms with Crippen molar-refractivity contribution in [2.24, 2.45) is 17.8 Å². The van der Waals surface area contributed by atoms with Gasteiger partial charge in [-0.25, -0.2) is 13.1 Å². The Morgan fingerprint density at radius 3 is 2.50 bits per heavy atom. The van der Waals surface area contributed by atoms with E-state index in [0.717, 1.165) is 12.3 Å². The van der Waals surface area contributed by atoms with Gasteiger partial charge < -0.3 is 10.1 Å². The molecule has 4 atom stereocenters. The number of carbonyl (C=O) groups excluding carboxylic acids is 1. The molecule has 2 aromatic carbocycles. The highest BCUT2D eigenvalue weighted by Gasteiger charge is 2.42. The molecule has 0 saturated heterocycles. The van der Waals surface area contributed by atoms with Gasteiger partial charge in [0.1, 0.15) is 5.75 Å². The van der Waals surface area contributed by atoms with Gasteiger partial charge in [-0.3, -0.25) is 4.79 Å². The third-order valence-electron chi connectivity index (χ3n) is 6.53.